The molecule has 1 saturated heterocycles. The summed E-state index contributed by atoms with van der Waals surface area (Å²) in [4.78, 5) is 0.217. The Hall–Kier alpha value is -1.39. The second-order valence-electron chi connectivity index (χ2n) is 5.02. The summed E-state index contributed by atoms with van der Waals surface area (Å²) in [6.45, 7) is 0.714. The minimum Gasteiger partial charge on any atom is -0.396 e. The number of piperidine rings is 1. The van der Waals surface area contributed by atoms with Gasteiger partial charge in [-0.25, -0.2) is 8.42 Å². The van der Waals surface area contributed by atoms with E-state index in [9.17, 15) is 8.42 Å². The molecule has 114 valence electrons. The van der Waals surface area contributed by atoms with Crippen LogP contribution in [0.25, 0.3) is 0 Å². The Bertz CT molecular complexity index is 637. The van der Waals surface area contributed by atoms with E-state index < -0.39 is 10.0 Å². The fourth-order valence-electron chi connectivity index (χ4n) is 2.36. The molecule has 2 N–H and O–H groups in total. The lowest BCUT2D eigenvalue weighted by Crippen LogP contribution is -2.39. The monoisotopic (exact) mass is 309 g/mol. The molecule has 0 amide bonds. The molecule has 1 heterocycles. The van der Waals surface area contributed by atoms with Gasteiger partial charge in [0.25, 0.3) is 0 Å². The molecule has 0 saturated carbocycles. The molecule has 6 heteroatoms. The van der Waals surface area contributed by atoms with E-state index in [2.05, 4.69) is 11.8 Å². The molecule has 2 rings (SSSR count). The summed E-state index contributed by atoms with van der Waals surface area (Å²) in [5, 5.41) is 17.8. The van der Waals surface area contributed by atoms with E-state index in [1.165, 1.54) is 10.4 Å². The molecule has 0 atom stereocenters. The SMILES string of the molecule is O=S(=O)(c1cccc(C#CCO)c1)N1CCC(CO)CC1. The van der Waals surface area contributed by atoms with E-state index >= 15 is 0 Å². The maximum Gasteiger partial charge on any atom is 0.243 e. The third-order valence-electron chi connectivity index (χ3n) is 3.62. The zero-order valence-corrected chi connectivity index (χ0v) is 12.5. The van der Waals surface area contributed by atoms with Gasteiger partial charge in [0, 0.05) is 25.3 Å². The van der Waals surface area contributed by atoms with E-state index in [-0.39, 0.29) is 24.0 Å². The van der Waals surface area contributed by atoms with E-state index in [1.54, 1.807) is 18.2 Å². The van der Waals surface area contributed by atoms with Gasteiger partial charge in [0.15, 0.2) is 0 Å². The lowest BCUT2D eigenvalue weighted by atomic mass is 10.00. The summed E-state index contributed by atoms with van der Waals surface area (Å²) >= 11 is 0. The van der Waals surface area contributed by atoms with E-state index in [1.807, 2.05) is 0 Å². The van der Waals surface area contributed by atoms with Crippen LogP contribution in [0.4, 0.5) is 0 Å². The number of hydrogen-bond donors (Lipinski definition) is 2. The van der Waals surface area contributed by atoms with Gasteiger partial charge in [-0.1, -0.05) is 17.9 Å². The van der Waals surface area contributed by atoms with Gasteiger partial charge in [-0.15, -0.1) is 0 Å². The number of aliphatic hydroxyl groups is 2. The van der Waals surface area contributed by atoms with Crippen LogP contribution < -0.4 is 0 Å². The van der Waals surface area contributed by atoms with Crippen LogP contribution in [0.1, 0.15) is 18.4 Å². The highest BCUT2D eigenvalue weighted by atomic mass is 32.2. The Morgan fingerprint density at radius 2 is 1.95 bits per heavy atom. The molecule has 1 aliphatic heterocycles. The van der Waals surface area contributed by atoms with Crippen LogP contribution in [-0.4, -0.2) is 49.2 Å². The largest absolute Gasteiger partial charge is 0.396 e. The van der Waals surface area contributed by atoms with Gasteiger partial charge in [0.05, 0.1) is 4.90 Å². The summed E-state index contributed by atoms with van der Waals surface area (Å²) < 4.78 is 26.6. The third kappa shape index (κ3) is 3.83. The summed E-state index contributed by atoms with van der Waals surface area (Å²) in [5.74, 6) is 5.41. The Balaban J connectivity index is 2.20. The second-order valence-corrected chi connectivity index (χ2v) is 6.96. The van der Waals surface area contributed by atoms with Crippen LogP contribution in [0.2, 0.25) is 0 Å². The van der Waals surface area contributed by atoms with E-state index in [0.717, 1.165) is 0 Å². The first kappa shape index (κ1) is 16.0. The number of hydrogen-bond acceptors (Lipinski definition) is 4. The normalized spacial score (nSPS) is 17.2. The van der Waals surface area contributed by atoms with E-state index in [0.29, 0.717) is 31.5 Å². The second kappa shape index (κ2) is 7.05. The molecule has 0 aromatic heterocycles. The molecular weight excluding hydrogens is 290 g/mol. The molecule has 1 fully saturated rings. The smallest absolute Gasteiger partial charge is 0.243 e. The number of rotatable bonds is 3. The fourth-order valence-corrected chi connectivity index (χ4v) is 3.87. The van der Waals surface area contributed by atoms with Crippen molar-refractivity contribution in [1.29, 1.82) is 0 Å². The topological polar surface area (TPSA) is 77.8 Å². The molecule has 0 radical (unpaired) electrons. The molecule has 1 aliphatic rings. The van der Waals surface area contributed by atoms with Crippen LogP contribution in [0.5, 0.6) is 0 Å². The van der Waals surface area contributed by atoms with Crippen molar-refractivity contribution in [3.05, 3.63) is 29.8 Å². The first-order valence-electron chi connectivity index (χ1n) is 6.88. The first-order valence-corrected chi connectivity index (χ1v) is 8.32. The molecule has 0 aliphatic carbocycles. The maximum absolute atomic E-state index is 12.6. The predicted molar refractivity (Wildman–Crippen MR) is 79.0 cm³/mol. The maximum atomic E-state index is 12.6. The molecule has 0 bridgehead atoms. The third-order valence-corrected chi connectivity index (χ3v) is 5.51. The van der Waals surface area contributed by atoms with Gasteiger partial charge in [0.1, 0.15) is 6.61 Å². The van der Waals surface area contributed by atoms with Crippen molar-refractivity contribution in [2.75, 3.05) is 26.3 Å². The Kier molecular flexibility index (Phi) is 5.37. The van der Waals surface area contributed by atoms with Crippen molar-refractivity contribution < 1.29 is 18.6 Å². The zero-order chi connectivity index (χ0) is 15.3. The predicted octanol–water partition coefficient (Wildman–Crippen LogP) is 0.423. The minimum atomic E-state index is -3.52. The average Bonchev–Trinajstić information content (AvgIpc) is 2.53. The molecule has 0 spiro atoms. The minimum absolute atomic E-state index is 0.111. The van der Waals surface area contributed by atoms with Crippen molar-refractivity contribution in [3.8, 4) is 11.8 Å². The van der Waals surface area contributed by atoms with Crippen molar-refractivity contribution in [2.24, 2.45) is 5.92 Å². The van der Waals surface area contributed by atoms with Crippen LogP contribution in [0, 0.1) is 17.8 Å². The van der Waals surface area contributed by atoms with Gasteiger partial charge in [-0.3, -0.25) is 0 Å². The van der Waals surface area contributed by atoms with Gasteiger partial charge in [0.2, 0.25) is 10.0 Å². The summed E-state index contributed by atoms with van der Waals surface area (Å²) in [6, 6.07) is 6.43. The highest BCUT2D eigenvalue weighted by Crippen LogP contribution is 2.23. The van der Waals surface area contributed by atoms with Crippen LogP contribution >= 0.6 is 0 Å². The van der Waals surface area contributed by atoms with Crippen LogP contribution in [0.15, 0.2) is 29.2 Å². The van der Waals surface area contributed by atoms with Crippen molar-refractivity contribution in [2.45, 2.75) is 17.7 Å². The quantitative estimate of drug-likeness (QED) is 0.794. The van der Waals surface area contributed by atoms with Crippen LogP contribution in [0.3, 0.4) is 0 Å². The van der Waals surface area contributed by atoms with Crippen molar-refractivity contribution in [1.82, 2.24) is 4.31 Å². The van der Waals surface area contributed by atoms with Gasteiger partial charge in [-0.2, -0.15) is 4.31 Å². The highest BCUT2D eigenvalue weighted by molar-refractivity contribution is 7.89. The Morgan fingerprint density at radius 3 is 2.57 bits per heavy atom. The number of aliphatic hydroxyl groups excluding tert-OH is 2. The lowest BCUT2D eigenvalue weighted by Gasteiger charge is -2.30. The number of nitrogens with zero attached hydrogens (tertiary/aromatic N) is 1. The molecule has 0 unspecified atom stereocenters. The first-order chi connectivity index (χ1) is 10.1. The summed E-state index contributed by atoms with van der Waals surface area (Å²) in [5.41, 5.74) is 0.565. The summed E-state index contributed by atoms with van der Waals surface area (Å²) in [6.07, 6.45) is 1.36. The highest BCUT2D eigenvalue weighted by Gasteiger charge is 2.29. The zero-order valence-electron chi connectivity index (χ0n) is 11.7. The molecule has 1 aromatic carbocycles. The van der Waals surface area contributed by atoms with Gasteiger partial charge in [-0.05, 0) is 37.0 Å². The molecule has 1 aromatic rings. The summed E-state index contributed by atoms with van der Waals surface area (Å²) in [7, 11) is -3.52. The number of benzene rings is 1. The van der Waals surface area contributed by atoms with E-state index in [4.69, 9.17) is 10.2 Å². The Labute approximate surface area is 125 Å². The average molecular weight is 309 g/mol. The van der Waals surface area contributed by atoms with Gasteiger partial charge >= 0.3 is 0 Å². The lowest BCUT2D eigenvalue weighted by molar-refractivity contribution is 0.170. The van der Waals surface area contributed by atoms with Gasteiger partial charge < -0.3 is 10.2 Å². The number of sulfonamides is 1. The molecule has 21 heavy (non-hydrogen) atoms. The van der Waals surface area contributed by atoms with Crippen molar-refractivity contribution in [3.63, 3.8) is 0 Å². The molecule has 5 nitrogen and oxygen atoms in total. The molecular formula is C15H19NO4S. The fraction of sp³-hybridized carbons (Fsp3) is 0.467. The Morgan fingerprint density at radius 1 is 1.24 bits per heavy atom. The van der Waals surface area contributed by atoms with Crippen LogP contribution in [-0.2, 0) is 10.0 Å². The van der Waals surface area contributed by atoms with Crippen molar-refractivity contribution >= 4 is 10.0 Å². The standard InChI is InChI=1S/C15H19NO4S/c17-10-2-4-13-3-1-5-15(11-13)21(19,20)16-8-6-14(12-18)7-9-16/h1,3,5,11,14,17-18H,6-10,12H2.